The minimum atomic E-state index is -0.579. The van der Waals surface area contributed by atoms with E-state index in [-0.39, 0.29) is 16.3 Å². The van der Waals surface area contributed by atoms with Crippen molar-refractivity contribution in [2.24, 2.45) is 0 Å². The molecule has 7 heteroatoms. The van der Waals surface area contributed by atoms with E-state index in [4.69, 9.17) is 27.6 Å². The number of hydrogen-bond acceptors (Lipinski definition) is 3. The molecule has 0 aliphatic carbocycles. The van der Waals surface area contributed by atoms with E-state index in [0.717, 1.165) is 5.39 Å². The molecule has 5 nitrogen and oxygen atoms in total. The van der Waals surface area contributed by atoms with Crippen molar-refractivity contribution in [2.75, 3.05) is 0 Å². The van der Waals surface area contributed by atoms with Gasteiger partial charge in [-0.25, -0.2) is 0 Å². The fourth-order valence-corrected chi connectivity index (χ4v) is 2.68. The van der Waals surface area contributed by atoms with Gasteiger partial charge in [0.15, 0.2) is 5.76 Å². The summed E-state index contributed by atoms with van der Waals surface area (Å²) in [5.74, 6) is -1.01. The van der Waals surface area contributed by atoms with Crippen LogP contribution in [0.25, 0.3) is 11.0 Å². The summed E-state index contributed by atoms with van der Waals surface area (Å²) in [6.45, 7) is 1.77. The van der Waals surface area contributed by atoms with Gasteiger partial charge >= 0.3 is 5.91 Å². The molecule has 2 amide bonds. The second kappa shape index (κ2) is 6.55. The van der Waals surface area contributed by atoms with Crippen molar-refractivity contribution in [2.45, 2.75) is 6.92 Å². The SMILES string of the molecule is Cc1c(C(=O)NNC(=O)c2cc(Cl)ccc2Cl)oc2ccccc12. The van der Waals surface area contributed by atoms with E-state index >= 15 is 0 Å². The highest BCUT2D eigenvalue weighted by Crippen LogP contribution is 2.24. The number of benzene rings is 2. The molecule has 0 radical (unpaired) electrons. The Kier molecular flexibility index (Phi) is 4.46. The summed E-state index contributed by atoms with van der Waals surface area (Å²) in [6.07, 6.45) is 0. The largest absolute Gasteiger partial charge is 0.451 e. The average Bonchev–Trinajstić information content (AvgIpc) is 2.92. The summed E-state index contributed by atoms with van der Waals surface area (Å²) in [6, 6.07) is 11.8. The van der Waals surface area contributed by atoms with Crippen LogP contribution in [0.2, 0.25) is 10.0 Å². The first kappa shape index (κ1) is 16.4. The second-order valence-corrected chi connectivity index (χ2v) is 5.93. The molecule has 0 atom stereocenters. The summed E-state index contributed by atoms with van der Waals surface area (Å²) in [5.41, 5.74) is 6.06. The predicted molar refractivity (Wildman–Crippen MR) is 92.3 cm³/mol. The first-order valence-electron chi connectivity index (χ1n) is 7.01. The topological polar surface area (TPSA) is 71.3 Å². The first-order valence-corrected chi connectivity index (χ1v) is 7.77. The Morgan fingerprint density at radius 1 is 1.00 bits per heavy atom. The molecule has 0 unspecified atom stereocenters. The van der Waals surface area contributed by atoms with Crippen molar-refractivity contribution in [1.82, 2.24) is 10.9 Å². The Morgan fingerprint density at radius 2 is 1.71 bits per heavy atom. The van der Waals surface area contributed by atoms with Crippen molar-refractivity contribution in [3.8, 4) is 0 Å². The van der Waals surface area contributed by atoms with Gasteiger partial charge in [-0.1, -0.05) is 41.4 Å². The van der Waals surface area contributed by atoms with Crippen LogP contribution in [0.3, 0.4) is 0 Å². The number of hydrazine groups is 1. The minimum Gasteiger partial charge on any atom is -0.451 e. The second-order valence-electron chi connectivity index (χ2n) is 5.08. The third-order valence-electron chi connectivity index (χ3n) is 3.51. The molecule has 2 aromatic carbocycles. The maximum Gasteiger partial charge on any atom is 0.305 e. The zero-order valence-corrected chi connectivity index (χ0v) is 14.0. The molecule has 0 fully saturated rings. The van der Waals surface area contributed by atoms with E-state index in [1.165, 1.54) is 12.1 Å². The lowest BCUT2D eigenvalue weighted by atomic mass is 10.1. The van der Waals surface area contributed by atoms with Crippen LogP contribution < -0.4 is 10.9 Å². The molecule has 24 heavy (non-hydrogen) atoms. The lowest BCUT2D eigenvalue weighted by Gasteiger charge is -2.08. The lowest BCUT2D eigenvalue weighted by Crippen LogP contribution is -2.41. The van der Waals surface area contributed by atoms with E-state index in [0.29, 0.717) is 16.2 Å². The van der Waals surface area contributed by atoms with E-state index < -0.39 is 11.8 Å². The Hall–Kier alpha value is -2.50. The third kappa shape index (κ3) is 3.09. The van der Waals surface area contributed by atoms with Gasteiger partial charge in [-0.2, -0.15) is 0 Å². The molecule has 0 saturated carbocycles. The summed E-state index contributed by atoms with van der Waals surface area (Å²) >= 11 is 11.8. The number of aryl methyl sites for hydroxylation is 1. The minimum absolute atomic E-state index is 0.133. The molecule has 0 saturated heterocycles. The maximum absolute atomic E-state index is 12.2. The van der Waals surface area contributed by atoms with Crippen LogP contribution in [-0.2, 0) is 0 Å². The number of fused-ring (bicyclic) bond motifs is 1. The maximum atomic E-state index is 12.2. The fourth-order valence-electron chi connectivity index (χ4n) is 2.30. The van der Waals surface area contributed by atoms with Crippen LogP contribution in [0.1, 0.15) is 26.5 Å². The number of amides is 2. The van der Waals surface area contributed by atoms with Gasteiger partial charge in [-0.3, -0.25) is 20.4 Å². The lowest BCUT2D eigenvalue weighted by molar-refractivity contribution is 0.0831. The summed E-state index contributed by atoms with van der Waals surface area (Å²) in [5, 5.41) is 1.43. The average molecular weight is 363 g/mol. The van der Waals surface area contributed by atoms with Crippen molar-refractivity contribution in [3.05, 3.63) is 69.4 Å². The molecule has 0 spiro atoms. The predicted octanol–water partition coefficient (Wildman–Crippen LogP) is 4.12. The van der Waals surface area contributed by atoms with Crippen LogP contribution >= 0.6 is 23.2 Å². The van der Waals surface area contributed by atoms with Crippen LogP contribution in [0.4, 0.5) is 0 Å². The third-order valence-corrected chi connectivity index (χ3v) is 4.08. The number of carbonyl (C=O) groups excluding carboxylic acids is 2. The van der Waals surface area contributed by atoms with Crippen LogP contribution in [0.5, 0.6) is 0 Å². The van der Waals surface area contributed by atoms with E-state index in [1.54, 1.807) is 19.1 Å². The highest BCUT2D eigenvalue weighted by atomic mass is 35.5. The molecule has 1 aromatic heterocycles. The summed E-state index contributed by atoms with van der Waals surface area (Å²) in [7, 11) is 0. The highest BCUT2D eigenvalue weighted by Gasteiger charge is 2.18. The van der Waals surface area contributed by atoms with Crippen LogP contribution in [0.15, 0.2) is 46.9 Å². The molecule has 0 aliphatic heterocycles. The number of nitrogens with one attached hydrogen (secondary N) is 2. The van der Waals surface area contributed by atoms with Crippen molar-refractivity contribution in [1.29, 1.82) is 0 Å². The smallest absolute Gasteiger partial charge is 0.305 e. The van der Waals surface area contributed by atoms with Crippen molar-refractivity contribution in [3.63, 3.8) is 0 Å². The normalized spacial score (nSPS) is 10.6. The Morgan fingerprint density at radius 3 is 2.46 bits per heavy atom. The van der Waals surface area contributed by atoms with Crippen molar-refractivity contribution >= 4 is 46.0 Å². The number of carbonyl (C=O) groups is 2. The molecule has 1 heterocycles. The van der Waals surface area contributed by atoms with Crippen molar-refractivity contribution < 1.29 is 14.0 Å². The van der Waals surface area contributed by atoms with Gasteiger partial charge in [0.2, 0.25) is 0 Å². The standard InChI is InChI=1S/C17H12Cl2N2O3/c1-9-11-4-2-3-5-14(11)24-15(9)17(23)21-20-16(22)12-8-10(18)6-7-13(12)19/h2-8H,1H3,(H,20,22)(H,21,23). The van der Waals surface area contributed by atoms with Gasteiger partial charge in [-0.05, 0) is 31.2 Å². The summed E-state index contributed by atoms with van der Waals surface area (Å²) in [4.78, 5) is 24.4. The monoisotopic (exact) mass is 362 g/mol. The fraction of sp³-hybridized carbons (Fsp3) is 0.0588. The molecule has 2 N–H and O–H groups in total. The van der Waals surface area contributed by atoms with E-state index in [1.807, 2.05) is 18.2 Å². The Bertz CT molecular complexity index is 950. The van der Waals surface area contributed by atoms with Gasteiger partial charge in [0, 0.05) is 16.0 Å². The number of furan rings is 1. The van der Waals surface area contributed by atoms with E-state index in [9.17, 15) is 9.59 Å². The number of halogens is 2. The van der Waals surface area contributed by atoms with Crippen LogP contribution in [-0.4, -0.2) is 11.8 Å². The number of rotatable bonds is 2. The number of para-hydroxylation sites is 1. The zero-order valence-electron chi connectivity index (χ0n) is 12.5. The molecule has 0 aliphatic rings. The molecular weight excluding hydrogens is 351 g/mol. The molecule has 0 bridgehead atoms. The zero-order chi connectivity index (χ0) is 17.3. The number of hydrogen-bond donors (Lipinski definition) is 2. The molecular formula is C17H12Cl2N2O3. The van der Waals surface area contributed by atoms with Gasteiger partial charge < -0.3 is 4.42 Å². The van der Waals surface area contributed by atoms with E-state index in [2.05, 4.69) is 10.9 Å². The molecule has 3 aromatic rings. The summed E-state index contributed by atoms with van der Waals surface area (Å²) < 4.78 is 5.53. The Balaban J connectivity index is 1.76. The first-order chi connectivity index (χ1) is 11.5. The van der Waals surface area contributed by atoms with Gasteiger partial charge in [0.25, 0.3) is 5.91 Å². The Labute approximate surface area is 147 Å². The van der Waals surface area contributed by atoms with Gasteiger partial charge in [-0.15, -0.1) is 0 Å². The quantitative estimate of drug-likeness (QED) is 0.673. The van der Waals surface area contributed by atoms with Gasteiger partial charge in [0.05, 0.1) is 10.6 Å². The molecule has 122 valence electrons. The highest BCUT2D eigenvalue weighted by molar-refractivity contribution is 6.35. The van der Waals surface area contributed by atoms with Crippen LogP contribution in [0, 0.1) is 6.92 Å². The molecule has 3 rings (SSSR count). The van der Waals surface area contributed by atoms with Gasteiger partial charge in [0.1, 0.15) is 5.58 Å².